The fourth-order valence-corrected chi connectivity index (χ4v) is 1.91. The molecule has 0 saturated heterocycles. The maximum absolute atomic E-state index is 2.34. The van der Waals surface area contributed by atoms with E-state index in [4.69, 9.17) is 0 Å². The molecule has 0 amide bonds. The van der Waals surface area contributed by atoms with Crippen LogP contribution in [0, 0.1) is 0 Å². The van der Waals surface area contributed by atoms with Gasteiger partial charge in [0.1, 0.15) is 0 Å². The van der Waals surface area contributed by atoms with E-state index in [1.807, 2.05) is 0 Å². The monoisotopic (exact) mass is 150 g/mol. The quantitative estimate of drug-likeness (QED) is 0.504. The summed E-state index contributed by atoms with van der Waals surface area (Å²) in [5.74, 6) is 0. The molecular formula is C9H14Si. The van der Waals surface area contributed by atoms with Gasteiger partial charge in [-0.3, -0.25) is 0 Å². The summed E-state index contributed by atoms with van der Waals surface area (Å²) >= 11 is 0. The molecule has 1 aliphatic carbocycles. The molecule has 0 spiro atoms. The summed E-state index contributed by atoms with van der Waals surface area (Å²) in [5.41, 5.74) is 1.49. The number of hydrogen-bond donors (Lipinski definition) is 0. The Balaban J connectivity index is 2.85. The Morgan fingerprint density at radius 2 is 2.00 bits per heavy atom. The standard InChI is InChI=1S/C9H14Si/c1-4-8-5-6-9(7-8)10(2)3/h5-7H,4H2,1-3H3. The van der Waals surface area contributed by atoms with E-state index >= 15 is 0 Å². The molecule has 0 heterocycles. The Hall–Kier alpha value is -0.433. The predicted octanol–water partition coefficient (Wildman–Crippen LogP) is 2.40. The number of hydrogen-bond acceptors (Lipinski definition) is 0. The molecule has 0 saturated carbocycles. The molecule has 54 valence electrons. The third kappa shape index (κ3) is 1.54. The molecule has 0 atom stereocenters. The van der Waals surface area contributed by atoms with Gasteiger partial charge >= 0.3 is 0 Å². The van der Waals surface area contributed by atoms with Crippen LogP contribution in [0.3, 0.4) is 0 Å². The van der Waals surface area contributed by atoms with Crippen LogP contribution in [-0.2, 0) is 0 Å². The van der Waals surface area contributed by atoms with Gasteiger partial charge in [-0.1, -0.05) is 38.2 Å². The summed E-state index contributed by atoms with van der Waals surface area (Å²) in [6.45, 7) is 6.87. The van der Waals surface area contributed by atoms with Gasteiger partial charge in [-0.25, -0.2) is 0 Å². The first kappa shape index (κ1) is 7.67. The highest BCUT2D eigenvalue weighted by Gasteiger charge is 1.99. The first-order valence-electron chi connectivity index (χ1n) is 3.80. The van der Waals surface area contributed by atoms with E-state index in [-0.39, 0.29) is 8.41 Å². The van der Waals surface area contributed by atoms with Crippen molar-refractivity contribution in [3.8, 4) is 0 Å². The van der Waals surface area contributed by atoms with Gasteiger partial charge in [-0.15, -0.1) is 0 Å². The summed E-state index contributed by atoms with van der Waals surface area (Å²) in [6, 6.07) is 0. The van der Waals surface area contributed by atoms with Crippen LogP contribution in [0.25, 0.3) is 0 Å². The second-order valence-electron chi connectivity index (χ2n) is 2.86. The van der Waals surface area contributed by atoms with Crippen LogP contribution < -0.4 is 0 Å². The second-order valence-corrected chi connectivity index (χ2v) is 5.44. The van der Waals surface area contributed by atoms with Crippen LogP contribution in [0.15, 0.2) is 23.8 Å². The summed E-state index contributed by atoms with van der Waals surface area (Å²) < 4.78 is 0. The van der Waals surface area contributed by atoms with Crippen molar-refractivity contribution in [2.75, 3.05) is 0 Å². The van der Waals surface area contributed by atoms with E-state index in [2.05, 4.69) is 38.2 Å². The van der Waals surface area contributed by atoms with E-state index in [1.165, 1.54) is 12.0 Å². The average Bonchev–Trinajstić information content (AvgIpc) is 2.34. The largest absolute Gasteiger partial charge is 0.0613 e. The second kappa shape index (κ2) is 3.11. The molecule has 0 nitrogen and oxygen atoms in total. The van der Waals surface area contributed by atoms with Gasteiger partial charge in [0.05, 0.1) is 0 Å². The van der Waals surface area contributed by atoms with Crippen LogP contribution in [0.4, 0.5) is 0 Å². The van der Waals surface area contributed by atoms with Gasteiger partial charge in [0.2, 0.25) is 0 Å². The van der Waals surface area contributed by atoms with Gasteiger partial charge in [0.25, 0.3) is 0 Å². The molecule has 1 heteroatoms. The zero-order chi connectivity index (χ0) is 7.56. The van der Waals surface area contributed by atoms with Crippen molar-refractivity contribution < 1.29 is 0 Å². The van der Waals surface area contributed by atoms with Crippen molar-refractivity contribution in [1.29, 1.82) is 0 Å². The maximum Gasteiger partial charge on any atom is 0.0128 e. The van der Waals surface area contributed by atoms with Crippen LogP contribution in [0.5, 0.6) is 0 Å². The van der Waals surface area contributed by atoms with Crippen molar-refractivity contribution >= 4 is 13.6 Å². The van der Waals surface area contributed by atoms with Crippen molar-refractivity contribution in [1.82, 2.24) is 0 Å². The molecule has 0 aromatic carbocycles. The average molecular weight is 150 g/mol. The molecule has 0 N–H and O–H groups in total. The topological polar surface area (TPSA) is 0 Å². The Labute approximate surface area is 64.5 Å². The highest BCUT2D eigenvalue weighted by Crippen LogP contribution is 2.09. The minimum Gasteiger partial charge on any atom is -0.0613 e. The maximum atomic E-state index is 2.34. The van der Waals surface area contributed by atoms with Gasteiger partial charge in [-0.2, -0.15) is 0 Å². The third-order valence-corrected chi connectivity index (χ3v) is 3.27. The van der Waals surface area contributed by atoms with Gasteiger partial charge in [0, 0.05) is 8.41 Å². The molecule has 0 fully saturated rings. The first-order valence-corrected chi connectivity index (χ1v) is 6.30. The van der Waals surface area contributed by atoms with Crippen molar-refractivity contribution in [2.24, 2.45) is 0 Å². The Kier molecular flexibility index (Phi) is 2.38. The smallest absolute Gasteiger partial charge is 0.0128 e. The molecule has 0 aromatic rings. The van der Waals surface area contributed by atoms with Crippen LogP contribution in [0.2, 0.25) is 13.1 Å². The van der Waals surface area contributed by atoms with Crippen molar-refractivity contribution in [3.63, 3.8) is 0 Å². The van der Waals surface area contributed by atoms with Crippen LogP contribution in [-0.4, -0.2) is 13.6 Å². The van der Waals surface area contributed by atoms with E-state index in [0.717, 1.165) is 0 Å². The fraction of sp³-hybridized carbons (Fsp3) is 0.444. The van der Waals surface area contributed by atoms with E-state index in [0.29, 0.717) is 0 Å². The molecule has 0 bridgehead atoms. The van der Waals surface area contributed by atoms with E-state index in [1.54, 1.807) is 5.17 Å². The molecule has 0 radical (unpaired) electrons. The third-order valence-electron chi connectivity index (χ3n) is 1.80. The van der Waals surface area contributed by atoms with Gasteiger partial charge in [-0.05, 0) is 17.2 Å². The molecule has 1 aliphatic rings. The number of allylic oxidation sites excluding steroid dienone is 4. The minimum atomic E-state index is -0.201. The highest BCUT2D eigenvalue weighted by atomic mass is 28.2. The molecule has 10 heavy (non-hydrogen) atoms. The molecule has 1 rings (SSSR count). The summed E-state index contributed by atoms with van der Waals surface area (Å²) in [5, 5.41) is 1.57. The summed E-state index contributed by atoms with van der Waals surface area (Å²) in [6.07, 6.45) is 8.03. The first-order chi connectivity index (χ1) is 4.74. The molecular weight excluding hydrogens is 136 g/mol. The van der Waals surface area contributed by atoms with Crippen molar-refractivity contribution in [2.45, 2.75) is 26.4 Å². The lowest BCUT2D eigenvalue weighted by molar-refractivity contribution is 1.16. The van der Waals surface area contributed by atoms with Crippen LogP contribution >= 0.6 is 0 Å². The zero-order valence-corrected chi connectivity index (χ0v) is 7.94. The lowest BCUT2D eigenvalue weighted by Crippen LogP contribution is -2.00. The Bertz CT molecular complexity index is 215. The SMILES string of the molecule is CCC1=CC(=[Si](C)C)C=C1. The minimum absolute atomic E-state index is 0.201. The fourth-order valence-electron chi connectivity index (χ4n) is 1.02. The summed E-state index contributed by atoms with van der Waals surface area (Å²) in [7, 11) is -0.201. The molecule has 0 aromatic heterocycles. The predicted molar refractivity (Wildman–Crippen MR) is 50.0 cm³/mol. The van der Waals surface area contributed by atoms with Gasteiger partial charge in [0.15, 0.2) is 0 Å². The normalized spacial score (nSPS) is 15.9. The Morgan fingerprint density at radius 3 is 2.30 bits per heavy atom. The van der Waals surface area contributed by atoms with Crippen LogP contribution in [0.1, 0.15) is 13.3 Å². The molecule has 0 aliphatic heterocycles. The highest BCUT2D eigenvalue weighted by molar-refractivity contribution is 6.73. The summed E-state index contributed by atoms with van der Waals surface area (Å²) in [4.78, 5) is 0. The van der Waals surface area contributed by atoms with Gasteiger partial charge < -0.3 is 0 Å². The van der Waals surface area contributed by atoms with Crippen molar-refractivity contribution in [3.05, 3.63) is 23.8 Å². The Morgan fingerprint density at radius 1 is 1.30 bits per heavy atom. The zero-order valence-electron chi connectivity index (χ0n) is 6.94. The van der Waals surface area contributed by atoms with E-state index in [9.17, 15) is 0 Å². The number of rotatable bonds is 1. The lowest BCUT2D eigenvalue weighted by Gasteiger charge is -1.91. The molecule has 0 unspecified atom stereocenters. The lowest BCUT2D eigenvalue weighted by atomic mass is 10.2. The van der Waals surface area contributed by atoms with E-state index < -0.39 is 0 Å².